The zero-order valence-electron chi connectivity index (χ0n) is 10.9. The molecular weight excluding hydrogens is 271 g/mol. The number of hydrogen-bond acceptors (Lipinski definition) is 2. The molecule has 110 valence electrons. The maximum atomic E-state index is 12.5. The highest BCUT2D eigenvalue weighted by atomic mass is 19.4. The van der Waals surface area contributed by atoms with Crippen LogP contribution in [0.2, 0.25) is 0 Å². The molecular formula is C14H16F3NO2. The molecule has 0 bridgehead atoms. The van der Waals surface area contributed by atoms with Gasteiger partial charge in [0, 0.05) is 0 Å². The van der Waals surface area contributed by atoms with Gasteiger partial charge >= 0.3 is 12.1 Å². The molecule has 0 radical (unpaired) electrons. The van der Waals surface area contributed by atoms with Crippen molar-refractivity contribution in [2.75, 3.05) is 19.6 Å². The van der Waals surface area contributed by atoms with Gasteiger partial charge in [0.2, 0.25) is 0 Å². The van der Waals surface area contributed by atoms with Crippen LogP contribution in [0.5, 0.6) is 0 Å². The lowest BCUT2D eigenvalue weighted by molar-refractivity contribution is -0.139. The minimum absolute atomic E-state index is 0.0275. The number of carboxylic acids is 1. The quantitative estimate of drug-likeness (QED) is 0.929. The van der Waals surface area contributed by atoms with Crippen molar-refractivity contribution in [1.82, 2.24) is 4.90 Å². The summed E-state index contributed by atoms with van der Waals surface area (Å²) in [4.78, 5) is 12.5. The zero-order valence-corrected chi connectivity index (χ0v) is 10.9. The summed E-state index contributed by atoms with van der Waals surface area (Å²) in [7, 11) is 0. The normalized spacial score (nSPS) is 18.1. The van der Waals surface area contributed by atoms with Gasteiger partial charge in [0.15, 0.2) is 0 Å². The van der Waals surface area contributed by atoms with Crippen molar-refractivity contribution >= 4 is 5.97 Å². The summed E-state index contributed by atoms with van der Waals surface area (Å²) in [5.74, 6) is -0.639. The molecule has 6 heteroatoms. The van der Waals surface area contributed by atoms with E-state index in [1.54, 1.807) is 0 Å². The number of carboxylic acid groups (broad SMARTS) is 1. The first-order chi connectivity index (χ1) is 9.36. The summed E-state index contributed by atoms with van der Waals surface area (Å²) < 4.78 is 37.4. The first kappa shape index (κ1) is 14.8. The fourth-order valence-electron chi connectivity index (χ4n) is 2.56. The molecule has 1 aromatic carbocycles. The van der Waals surface area contributed by atoms with Gasteiger partial charge in [0.1, 0.15) is 0 Å². The fourth-order valence-corrected chi connectivity index (χ4v) is 2.56. The van der Waals surface area contributed by atoms with Crippen LogP contribution in [0.15, 0.2) is 24.3 Å². The van der Waals surface area contributed by atoms with Crippen molar-refractivity contribution in [2.45, 2.75) is 24.9 Å². The maximum Gasteiger partial charge on any atom is 0.416 e. The number of alkyl halides is 3. The molecule has 1 fully saturated rings. The monoisotopic (exact) mass is 287 g/mol. The van der Waals surface area contributed by atoms with Crippen molar-refractivity contribution in [3.8, 4) is 0 Å². The first-order valence-electron chi connectivity index (χ1n) is 6.47. The molecule has 3 nitrogen and oxygen atoms in total. The lowest BCUT2D eigenvalue weighted by atomic mass is 9.89. The second kappa shape index (κ2) is 5.83. The average Bonchev–Trinajstić information content (AvgIpc) is 2.38. The Morgan fingerprint density at radius 2 is 1.75 bits per heavy atom. The van der Waals surface area contributed by atoms with Gasteiger partial charge in [0.05, 0.1) is 12.1 Å². The number of carbonyl (C=O) groups is 1. The van der Waals surface area contributed by atoms with Gasteiger partial charge in [0.25, 0.3) is 0 Å². The third kappa shape index (κ3) is 3.72. The van der Waals surface area contributed by atoms with E-state index in [4.69, 9.17) is 5.11 Å². The lowest BCUT2D eigenvalue weighted by Crippen LogP contribution is -2.36. The van der Waals surface area contributed by atoms with Gasteiger partial charge in [-0.2, -0.15) is 13.2 Å². The molecule has 1 saturated heterocycles. The first-order valence-corrected chi connectivity index (χ1v) is 6.47. The summed E-state index contributed by atoms with van der Waals surface area (Å²) >= 11 is 0. The summed E-state index contributed by atoms with van der Waals surface area (Å²) in [6, 6.07) is 5.28. The van der Waals surface area contributed by atoms with E-state index in [1.165, 1.54) is 12.1 Å². The Bertz CT molecular complexity index is 462. The smallest absolute Gasteiger partial charge is 0.416 e. The Balaban J connectivity index is 1.95. The van der Waals surface area contributed by atoms with Crippen LogP contribution in [0.25, 0.3) is 0 Å². The van der Waals surface area contributed by atoms with E-state index < -0.39 is 17.7 Å². The largest absolute Gasteiger partial charge is 0.480 e. The van der Waals surface area contributed by atoms with Crippen molar-refractivity contribution < 1.29 is 23.1 Å². The minimum atomic E-state index is -4.30. The molecule has 1 aliphatic heterocycles. The highest BCUT2D eigenvalue weighted by Crippen LogP contribution is 2.32. The van der Waals surface area contributed by atoms with Crippen LogP contribution in [-0.2, 0) is 11.0 Å². The summed E-state index contributed by atoms with van der Waals surface area (Å²) in [6.45, 7) is 1.36. The van der Waals surface area contributed by atoms with Gasteiger partial charge < -0.3 is 5.11 Å². The number of benzene rings is 1. The molecule has 0 saturated carbocycles. The molecule has 0 unspecified atom stereocenters. The number of piperidine rings is 1. The van der Waals surface area contributed by atoms with Crippen LogP contribution in [-0.4, -0.2) is 35.6 Å². The van der Waals surface area contributed by atoms with E-state index in [9.17, 15) is 18.0 Å². The highest BCUT2D eigenvalue weighted by molar-refractivity contribution is 5.69. The molecule has 1 aromatic rings. The van der Waals surface area contributed by atoms with E-state index in [2.05, 4.69) is 0 Å². The molecule has 1 aliphatic rings. The Kier molecular flexibility index (Phi) is 4.32. The fraction of sp³-hybridized carbons (Fsp3) is 0.500. The highest BCUT2D eigenvalue weighted by Gasteiger charge is 2.30. The molecule has 1 N–H and O–H groups in total. The average molecular weight is 287 g/mol. The standard InChI is InChI=1S/C14H16F3NO2/c15-14(16,17)12-3-1-10(2-4-12)11-5-7-18(8-6-11)9-13(19)20/h1-4,11H,5-9H2,(H,19,20). The molecule has 2 rings (SSSR count). The predicted octanol–water partition coefficient (Wildman–Crippen LogP) is 2.97. The Hall–Kier alpha value is -1.56. The van der Waals surface area contributed by atoms with Crippen molar-refractivity contribution in [3.63, 3.8) is 0 Å². The third-order valence-electron chi connectivity index (χ3n) is 3.66. The van der Waals surface area contributed by atoms with Gasteiger partial charge in [-0.15, -0.1) is 0 Å². The Labute approximate surface area is 115 Å². The van der Waals surface area contributed by atoms with E-state index in [0.29, 0.717) is 13.1 Å². The Morgan fingerprint density at radius 1 is 1.20 bits per heavy atom. The van der Waals surface area contributed by atoms with E-state index in [-0.39, 0.29) is 12.5 Å². The third-order valence-corrected chi connectivity index (χ3v) is 3.66. The summed E-state index contributed by atoms with van der Waals surface area (Å²) in [6.07, 6.45) is -2.75. The number of nitrogens with zero attached hydrogens (tertiary/aromatic N) is 1. The predicted molar refractivity (Wildman–Crippen MR) is 67.5 cm³/mol. The summed E-state index contributed by atoms with van der Waals surface area (Å²) in [5.41, 5.74) is 0.262. The van der Waals surface area contributed by atoms with E-state index in [1.807, 2.05) is 4.90 Å². The van der Waals surface area contributed by atoms with Crippen LogP contribution >= 0.6 is 0 Å². The van der Waals surface area contributed by atoms with Gasteiger partial charge in [-0.1, -0.05) is 12.1 Å². The van der Waals surface area contributed by atoms with Crippen molar-refractivity contribution in [2.24, 2.45) is 0 Å². The molecule has 0 spiro atoms. The Morgan fingerprint density at radius 3 is 2.20 bits per heavy atom. The molecule has 0 atom stereocenters. The van der Waals surface area contributed by atoms with Crippen molar-refractivity contribution in [3.05, 3.63) is 35.4 Å². The molecule has 0 amide bonds. The van der Waals surface area contributed by atoms with Crippen LogP contribution in [0, 0.1) is 0 Å². The van der Waals surface area contributed by atoms with Crippen LogP contribution in [0.3, 0.4) is 0 Å². The van der Waals surface area contributed by atoms with Crippen LogP contribution in [0.1, 0.15) is 29.9 Å². The molecule has 0 aliphatic carbocycles. The van der Waals surface area contributed by atoms with E-state index >= 15 is 0 Å². The number of hydrogen-bond donors (Lipinski definition) is 1. The number of aliphatic carboxylic acids is 1. The van der Waals surface area contributed by atoms with Crippen molar-refractivity contribution in [1.29, 1.82) is 0 Å². The molecule has 1 heterocycles. The second-order valence-electron chi connectivity index (χ2n) is 5.06. The summed E-state index contributed by atoms with van der Waals surface area (Å²) in [5, 5.41) is 8.71. The number of halogens is 3. The maximum absolute atomic E-state index is 12.5. The van der Waals surface area contributed by atoms with Crippen LogP contribution in [0.4, 0.5) is 13.2 Å². The number of rotatable bonds is 3. The topological polar surface area (TPSA) is 40.5 Å². The van der Waals surface area contributed by atoms with Gasteiger partial charge in [-0.3, -0.25) is 9.69 Å². The lowest BCUT2D eigenvalue weighted by Gasteiger charge is -2.31. The van der Waals surface area contributed by atoms with Crippen LogP contribution < -0.4 is 0 Å². The zero-order chi connectivity index (χ0) is 14.8. The minimum Gasteiger partial charge on any atom is -0.480 e. The molecule has 0 aromatic heterocycles. The van der Waals surface area contributed by atoms with E-state index in [0.717, 1.165) is 30.5 Å². The molecule has 20 heavy (non-hydrogen) atoms. The SMILES string of the molecule is O=C(O)CN1CCC(c2ccc(C(F)(F)F)cc2)CC1. The second-order valence-corrected chi connectivity index (χ2v) is 5.06. The van der Waals surface area contributed by atoms with Gasteiger partial charge in [-0.05, 0) is 49.5 Å². The van der Waals surface area contributed by atoms with Gasteiger partial charge in [-0.25, -0.2) is 0 Å². The number of likely N-dealkylation sites (tertiary alicyclic amines) is 1.